The van der Waals surface area contributed by atoms with Crippen molar-refractivity contribution in [2.24, 2.45) is 10.9 Å². The summed E-state index contributed by atoms with van der Waals surface area (Å²) in [6, 6.07) is 38.1. The summed E-state index contributed by atoms with van der Waals surface area (Å²) in [6.45, 7) is 0. The highest BCUT2D eigenvalue weighted by molar-refractivity contribution is 6.05. The molecular weight excluding hydrogens is 607 g/mol. The lowest BCUT2D eigenvalue weighted by molar-refractivity contribution is 0.575. The molecule has 0 spiro atoms. The normalized spacial score (nSPS) is 22.7. The third-order valence-electron chi connectivity index (χ3n) is 10.7. The molecule has 50 heavy (non-hydrogen) atoms. The van der Waals surface area contributed by atoms with E-state index in [2.05, 4.69) is 181 Å². The van der Waals surface area contributed by atoms with Gasteiger partial charge < -0.3 is 10.2 Å². The van der Waals surface area contributed by atoms with Crippen molar-refractivity contribution in [3.63, 3.8) is 0 Å². The molecule has 0 saturated heterocycles. The number of nitrogens with one attached hydrogen (secondary N) is 1. The van der Waals surface area contributed by atoms with Crippen molar-refractivity contribution in [3.05, 3.63) is 186 Å². The number of hydrogen-bond acceptors (Lipinski definition) is 3. The van der Waals surface area contributed by atoms with Crippen LogP contribution < -0.4 is 10.2 Å². The standard InChI is InChI=1S/C47H45N3/c1-50(43-29-25-38(26-30-43)36-19-17-35(18-20-36)34-11-5-2-6-12-34)44-31-27-39(28-32-44)37-21-23-42(24-22-37)47-48-45(40-13-7-3-8-14-40)33-46(49-47)41-15-9-4-10-16-41/h3-5,7-15,17-25,27-29,31-33,38,41,43,46H,2,6,16,26,30H2,1H3,(H,48,49). The van der Waals surface area contributed by atoms with E-state index in [0.717, 1.165) is 49.2 Å². The van der Waals surface area contributed by atoms with Crippen LogP contribution in [-0.4, -0.2) is 25.0 Å². The van der Waals surface area contributed by atoms with Gasteiger partial charge in [0, 0.05) is 41.9 Å². The first-order valence-corrected chi connectivity index (χ1v) is 18.2. The Hall–Kier alpha value is -5.41. The lowest BCUT2D eigenvalue weighted by atomic mass is 9.86. The number of allylic oxidation sites excluding steroid dienone is 8. The summed E-state index contributed by atoms with van der Waals surface area (Å²) in [6.07, 6.45) is 28.4. The fourth-order valence-electron chi connectivity index (χ4n) is 7.62. The molecule has 1 aliphatic heterocycles. The molecule has 4 aliphatic rings. The summed E-state index contributed by atoms with van der Waals surface area (Å²) in [5, 5.41) is 3.65. The van der Waals surface area contributed by atoms with Crippen molar-refractivity contribution >= 4 is 22.8 Å². The molecular formula is C47H45N3. The molecule has 4 aromatic carbocycles. The second-order valence-corrected chi connectivity index (χ2v) is 13.9. The fourth-order valence-corrected chi connectivity index (χ4v) is 7.62. The predicted octanol–water partition coefficient (Wildman–Crippen LogP) is 10.9. The third-order valence-corrected chi connectivity index (χ3v) is 10.7. The minimum atomic E-state index is 0.0881. The SMILES string of the molecule is CN(c1ccc(-c2ccc(C3=NC(C4C=CC=CC4)C=C(c4ccccc4)N3)cc2)cc1)C1C=CC(c2ccc(C3=CCCC=C3)cc2)CC1. The Labute approximate surface area is 297 Å². The van der Waals surface area contributed by atoms with Crippen LogP contribution in [0, 0.1) is 5.92 Å². The first-order chi connectivity index (χ1) is 24.7. The Morgan fingerprint density at radius 3 is 2.08 bits per heavy atom. The molecule has 3 aliphatic carbocycles. The van der Waals surface area contributed by atoms with Gasteiger partial charge in [0.05, 0.1) is 6.04 Å². The Bertz CT molecular complexity index is 2000. The Morgan fingerprint density at radius 2 is 1.40 bits per heavy atom. The summed E-state index contributed by atoms with van der Waals surface area (Å²) < 4.78 is 0. The number of aliphatic imine (C=N–C) groups is 1. The molecule has 1 N–H and O–H groups in total. The van der Waals surface area contributed by atoms with Crippen LogP contribution in [0.3, 0.4) is 0 Å². The van der Waals surface area contributed by atoms with Crippen molar-refractivity contribution in [3.8, 4) is 11.1 Å². The lowest BCUT2D eigenvalue weighted by Gasteiger charge is -2.32. The number of benzene rings is 4. The molecule has 3 nitrogen and oxygen atoms in total. The van der Waals surface area contributed by atoms with Gasteiger partial charge in [-0.1, -0.05) is 146 Å². The molecule has 0 fully saturated rings. The summed E-state index contributed by atoms with van der Waals surface area (Å²) in [4.78, 5) is 7.62. The highest BCUT2D eigenvalue weighted by atomic mass is 15.1. The van der Waals surface area contributed by atoms with Crippen LogP contribution in [-0.2, 0) is 0 Å². The highest BCUT2D eigenvalue weighted by Crippen LogP contribution is 2.33. The number of nitrogens with zero attached hydrogens (tertiary/aromatic N) is 2. The van der Waals surface area contributed by atoms with Gasteiger partial charge in [0.2, 0.25) is 0 Å². The molecule has 0 radical (unpaired) electrons. The van der Waals surface area contributed by atoms with Gasteiger partial charge in [0.25, 0.3) is 0 Å². The maximum atomic E-state index is 5.20. The largest absolute Gasteiger partial charge is 0.368 e. The van der Waals surface area contributed by atoms with Crippen LogP contribution in [0.4, 0.5) is 5.69 Å². The van der Waals surface area contributed by atoms with Gasteiger partial charge in [0.15, 0.2) is 0 Å². The lowest BCUT2D eigenvalue weighted by Crippen LogP contribution is -2.32. The average Bonchev–Trinajstić information content (AvgIpc) is 3.22. The zero-order valence-electron chi connectivity index (χ0n) is 28.8. The van der Waals surface area contributed by atoms with E-state index >= 15 is 0 Å². The zero-order chi connectivity index (χ0) is 33.7. The Balaban J connectivity index is 0.925. The monoisotopic (exact) mass is 651 g/mol. The second-order valence-electron chi connectivity index (χ2n) is 13.9. The summed E-state index contributed by atoms with van der Waals surface area (Å²) in [5.74, 6) is 1.77. The maximum absolute atomic E-state index is 5.20. The third kappa shape index (κ3) is 7.00. The molecule has 0 aromatic heterocycles. The number of hydrogen-bond donors (Lipinski definition) is 1. The van der Waals surface area contributed by atoms with Crippen molar-refractivity contribution in [2.75, 3.05) is 11.9 Å². The van der Waals surface area contributed by atoms with Gasteiger partial charge in [-0.25, -0.2) is 0 Å². The van der Waals surface area contributed by atoms with Crippen molar-refractivity contribution in [1.82, 2.24) is 5.32 Å². The highest BCUT2D eigenvalue weighted by Gasteiger charge is 2.24. The summed E-state index contributed by atoms with van der Waals surface area (Å²) in [7, 11) is 2.22. The molecule has 4 aromatic rings. The molecule has 8 rings (SSSR count). The van der Waals surface area contributed by atoms with E-state index in [-0.39, 0.29) is 6.04 Å². The molecule has 3 heteroatoms. The second kappa shape index (κ2) is 14.6. The van der Waals surface area contributed by atoms with Crippen LogP contribution in [0.15, 0.2) is 169 Å². The first-order valence-electron chi connectivity index (χ1n) is 18.2. The van der Waals surface area contributed by atoms with Crippen LogP contribution in [0.5, 0.6) is 0 Å². The van der Waals surface area contributed by atoms with Crippen LogP contribution in [0.1, 0.15) is 60.3 Å². The minimum Gasteiger partial charge on any atom is -0.368 e. The average molecular weight is 652 g/mol. The van der Waals surface area contributed by atoms with E-state index < -0.39 is 0 Å². The van der Waals surface area contributed by atoms with Crippen LogP contribution in [0.25, 0.3) is 22.4 Å². The smallest absolute Gasteiger partial charge is 0.133 e. The number of anilines is 1. The van der Waals surface area contributed by atoms with E-state index in [4.69, 9.17) is 4.99 Å². The molecule has 0 saturated carbocycles. The quantitative estimate of drug-likeness (QED) is 0.192. The molecule has 0 amide bonds. The molecule has 0 bridgehead atoms. The zero-order valence-corrected chi connectivity index (χ0v) is 28.8. The molecule has 1 heterocycles. The van der Waals surface area contributed by atoms with Gasteiger partial charge in [-0.3, -0.25) is 4.99 Å². The van der Waals surface area contributed by atoms with E-state index in [1.165, 1.54) is 39.1 Å². The Morgan fingerprint density at radius 1 is 0.660 bits per heavy atom. The van der Waals surface area contributed by atoms with Gasteiger partial charge >= 0.3 is 0 Å². The summed E-state index contributed by atoms with van der Waals surface area (Å²) >= 11 is 0. The van der Waals surface area contributed by atoms with Crippen LogP contribution in [0.2, 0.25) is 0 Å². The van der Waals surface area contributed by atoms with E-state index in [1.54, 1.807) is 0 Å². The van der Waals surface area contributed by atoms with E-state index in [0.29, 0.717) is 17.9 Å². The predicted molar refractivity (Wildman–Crippen MR) is 212 cm³/mol. The minimum absolute atomic E-state index is 0.0881. The van der Waals surface area contributed by atoms with Crippen LogP contribution >= 0.6 is 0 Å². The number of amidine groups is 1. The fraction of sp³-hybridized carbons (Fsp3) is 0.213. The van der Waals surface area contributed by atoms with Crippen molar-refractivity contribution < 1.29 is 0 Å². The van der Waals surface area contributed by atoms with Crippen molar-refractivity contribution in [2.45, 2.75) is 50.1 Å². The number of rotatable bonds is 8. The molecule has 248 valence electrons. The van der Waals surface area contributed by atoms with E-state index in [9.17, 15) is 0 Å². The van der Waals surface area contributed by atoms with E-state index in [1.807, 2.05) is 0 Å². The maximum Gasteiger partial charge on any atom is 0.133 e. The van der Waals surface area contributed by atoms with Gasteiger partial charge in [-0.2, -0.15) is 0 Å². The van der Waals surface area contributed by atoms with Crippen molar-refractivity contribution in [1.29, 1.82) is 0 Å². The summed E-state index contributed by atoms with van der Waals surface area (Å²) in [5.41, 5.74) is 11.2. The van der Waals surface area contributed by atoms with Gasteiger partial charge in [0.1, 0.15) is 5.84 Å². The number of likely N-dealkylation sites (N-methyl/N-ethyl adjacent to an activating group) is 1. The molecule has 4 atom stereocenters. The Kier molecular flexibility index (Phi) is 9.30. The van der Waals surface area contributed by atoms with Gasteiger partial charge in [-0.05, 0) is 83.7 Å². The first kappa shape index (κ1) is 31.8. The molecule has 4 unspecified atom stereocenters. The van der Waals surface area contributed by atoms with Gasteiger partial charge in [-0.15, -0.1) is 0 Å². The topological polar surface area (TPSA) is 27.6 Å².